The van der Waals surface area contributed by atoms with E-state index < -0.39 is 10.8 Å². The first kappa shape index (κ1) is 16.6. The lowest BCUT2D eigenvalue weighted by molar-refractivity contribution is -0.116. The summed E-state index contributed by atoms with van der Waals surface area (Å²) in [6.07, 6.45) is 0.834. The normalized spacial score (nSPS) is 14.2. The highest BCUT2D eigenvalue weighted by atomic mass is 32.2. The Hall–Kier alpha value is -2.87. The molecule has 8 heteroatoms. The Morgan fingerprint density at radius 2 is 1.85 bits per heavy atom. The van der Waals surface area contributed by atoms with E-state index in [1.165, 1.54) is 0 Å². The summed E-state index contributed by atoms with van der Waals surface area (Å²) in [5.74, 6) is 0.426. The number of tetrazole rings is 1. The van der Waals surface area contributed by atoms with Gasteiger partial charge < -0.3 is 4.90 Å². The van der Waals surface area contributed by atoms with E-state index in [2.05, 4.69) is 15.5 Å². The number of fused-ring (bicyclic) bond motifs is 1. The van der Waals surface area contributed by atoms with Crippen LogP contribution in [-0.4, -0.2) is 42.6 Å². The van der Waals surface area contributed by atoms with Crippen molar-refractivity contribution in [2.24, 2.45) is 0 Å². The molecule has 1 amide bonds. The van der Waals surface area contributed by atoms with Gasteiger partial charge in [-0.2, -0.15) is 4.68 Å². The molecule has 1 aromatic heterocycles. The monoisotopic (exact) mass is 367 g/mol. The smallest absolute Gasteiger partial charge is 0.239 e. The predicted molar refractivity (Wildman–Crippen MR) is 98.4 cm³/mol. The first-order valence-corrected chi connectivity index (χ1v) is 9.77. The van der Waals surface area contributed by atoms with Crippen molar-refractivity contribution >= 4 is 22.4 Å². The van der Waals surface area contributed by atoms with Gasteiger partial charge >= 0.3 is 0 Å². The van der Waals surface area contributed by atoms with Crippen LogP contribution in [0.2, 0.25) is 0 Å². The molecule has 0 saturated carbocycles. The third-order valence-corrected chi connectivity index (χ3v) is 5.45. The fraction of sp³-hybridized carbons (Fsp3) is 0.222. The topological polar surface area (TPSA) is 81.0 Å². The van der Waals surface area contributed by atoms with Crippen molar-refractivity contribution in [2.45, 2.75) is 12.2 Å². The van der Waals surface area contributed by atoms with Crippen molar-refractivity contribution in [3.8, 4) is 5.69 Å². The number of anilines is 1. The molecule has 1 unspecified atom stereocenters. The Balaban J connectivity index is 1.44. The van der Waals surface area contributed by atoms with Gasteiger partial charge in [0.05, 0.1) is 11.4 Å². The van der Waals surface area contributed by atoms with Gasteiger partial charge in [-0.15, -0.1) is 5.10 Å². The number of aromatic nitrogens is 4. The fourth-order valence-electron chi connectivity index (χ4n) is 3.07. The van der Waals surface area contributed by atoms with Crippen molar-refractivity contribution in [3.05, 3.63) is 66.0 Å². The summed E-state index contributed by atoms with van der Waals surface area (Å²) in [4.78, 5) is 14.3. The zero-order chi connectivity index (χ0) is 17.9. The zero-order valence-electron chi connectivity index (χ0n) is 14.0. The van der Waals surface area contributed by atoms with Crippen LogP contribution < -0.4 is 4.90 Å². The van der Waals surface area contributed by atoms with Gasteiger partial charge in [-0.05, 0) is 40.6 Å². The molecule has 0 radical (unpaired) electrons. The third-order valence-electron chi connectivity index (χ3n) is 4.30. The lowest BCUT2D eigenvalue weighted by Crippen LogP contribution is -2.33. The lowest BCUT2D eigenvalue weighted by atomic mass is 10.2. The molecule has 1 aliphatic rings. The summed E-state index contributed by atoms with van der Waals surface area (Å²) >= 11 is 0. The first-order chi connectivity index (χ1) is 12.7. The summed E-state index contributed by atoms with van der Waals surface area (Å²) in [6, 6.07) is 17.2. The van der Waals surface area contributed by atoms with Gasteiger partial charge in [-0.3, -0.25) is 9.00 Å². The van der Waals surface area contributed by atoms with Gasteiger partial charge in [0.2, 0.25) is 5.91 Å². The molecule has 0 N–H and O–H groups in total. The van der Waals surface area contributed by atoms with Gasteiger partial charge in [0.15, 0.2) is 5.82 Å². The van der Waals surface area contributed by atoms with E-state index in [0.29, 0.717) is 12.4 Å². The number of carbonyl (C=O) groups is 1. The summed E-state index contributed by atoms with van der Waals surface area (Å²) in [5, 5.41) is 11.6. The van der Waals surface area contributed by atoms with Gasteiger partial charge in [0.25, 0.3) is 0 Å². The summed E-state index contributed by atoms with van der Waals surface area (Å²) in [6.45, 7) is 0.636. The minimum Gasteiger partial charge on any atom is -0.311 e. The number of amides is 1. The zero-order valence-corrected chi connectivity index (χ0v) is 14.8. The highest BCUT2D eigenvalue weighted by Crippen LogP contribution is 2.27. The van der Waals surface area contributed by atoms with Crippen molar-refractivity contribution in [3.63, 3.8) is 0 Å². The minimum absolute atomic E-state index is 0.0457. The van der Waals surface area contributed by atoms with Crippen LogP contribution >= 0.6 is 0 Å². The highest BCUT2D eigenvalue weighted by Gasteiger charge is 2.25. The van der Waals surface area contributed by atoms with E-state index in [1.807, 2.05) is 54.6 Å². The van der Waals surface area contributed by atoms with Gasteiger partial charge in [-0.25, -0.2) is 0 Å². The Bertz CT molecular complexity index is 957. The van der Waals surface area contributed by atoms with Crippen LogP contribution in [0.25, 0.3) is 5.69 Å². The van der Waals surface area contributed by atoms with Crippen LogP contribution in [0.1, 0.15) is 11.4 Å². The SMILES string of the molecule is O=C(CS(=O)Cc1nnnn1-c1ccccc1)N1CCc2ccccc21. The Labute approximate surface area is 153 Å². The quantitative estimate of drug-likeness (QED) is 0.683. The van der Waals surface area contributed by atoms with E-state index in [1.54, 1.807) is 9.58 Å². The largest absolute Gasteiger partial charge is 0.311 e. The van der Waals surface area contributed by atoms with Crippen LogP contribution in [0.3, 0.4) is 0 Å². The van der Waals surface area contributed by atoms with Gasteiger partial charge in [0, 0.05) is 23.0 Å². The molecule has 0 fully saturated rings. The Kier molecular flexibility index (Phi) is 4.57. The van der Waals surface area contributed by atoms with Gasteiger partial charge in [0.1, 0.15) is 5.75 Å². The molecule has 0 saturated heterocycles. The molecule has 1 aliphatic heterocycles. The average molecular weight is 367 g/mol. The standard InChI is InChI=1S/C18H17N5O2S/c24-18(22-11-10-14-6-4-5-9-16(14)22)13-26(25)12-17-19-20-21-23(17)15-7-2-1-3-8-15/h1-9H,10-13H2. The molecule has 132 valence electrons. The van der Waals surface area contributed by atoms with Crippen molar-refractivity contribution in [1.29, 1.82) is 0 Å². The molecule has 2 heterocycles. The van der Waals surface area contributed by atoms with Crippen LogP contribution in [-0.2, 0) is 27.8 Å². The van der Waals surface area contributed by atoms with Crippen molar-refractivity contribution in [1.82, 2.24) is 20.2 Å². The van der Waals surface area contributed by atoms with E-state index >= 15 is 0 Å². The maximum atomic E-state index is 12.6. The highest BCUT2D eigenvalue weighted by molar-refractivity contribution is 7.84. The van der Waals surface area contributed by atoms with E-state index in [0.717, 1.165) is 23.4 Å². The average Bonchev–Trinajstić information content (AvgIpc) is 3.29. The van der Waals surface area contributed by atoms with Crippen molar-refractivity contribution in [2.75, 3.05) is 17.2 Å². The van der Waals surface area contributed by atoms with Crippen molar-refractivity contribution < 1.29 is 9.00 Å². The van der Waals surface area contributed by atoms with Crippen LogP contribution in [0.15, 0.2) is 54.6 Å². The lowest BCUT2D eigenvalue weighted by Gasteiger charge is -2.16. The van der Waals surface area contributed by atoms with E-state index in [9.17, 15) is 9.00 Å². The second-order valence-corrected chi connectivity index (χ2v) is 7.45. The molecular formula is C18H17N5O2S. The maximum Gasteiger partial charge on any atom is 0.239 e. The maximum absolute atomic E-state index is 12.6. The second kappa shape index (κ2) is 7.17. The molecule has 0 bridgehead atoms. The number of benzene rings is 2. The van der Waals surface area contributed by atoms with Crippen LogP contribution in [0.5, 0.6) is 0 Å². The first-order valence-electron chi connectivity index (χ1n) is 8.28. The molecular weight excluding hydrogens is 350 g/mol. The second-order valence-electron chi connectivity index (χ2n) is 6.00. The molecule has 7 nitrogen and oxygen atoms in total. The number of para-hydroxylation sites is 2. The number of rotatable bonds is 5. The predicted octanol–water partition coefficient (Wildman–Crippen LogP) is 1.50. The molecule has 0 aliphatic carbocycles. The molecule has 26 heavy (non-hydrogen) atoms. The number of hydrogen-bond acceptors (Lipinski definition) is 5. The van der Waals surface area contributed by atoms with Crippen LogP contribution in [0, 0.1) is 0 Å². The molecule has 1 atom stereocenters. The van der Waals surface area contributed by atoms with Crippen LogP contribution in [0.4, 0.5) is 5.69 Å². The number of nitrogens with zero attached hydrogens (tertiary/aromatic N) is 5. The summed E-state index contributed by atoms with van der Waals surface area (Å²) < 4.78 is 14.1. The minimum atomic E-state index is -1.39. The molecule has 3 aromatic rings. The fourth-order valence-corrected chi connectivity index (χ4v) is 4.07. The summed E-state index contributed by atoms with van der Waals surface area (Å²) in [7, 11) is -1.39. The Morgan fingerprint density at radius 1 is 1.08 bits per heavy atom. The molecule has 0 spiro atoms. The molecule has 4 rings (SSSR count). The van der Waals surface area contributed by atoms with Gasteiger partial charge in [-0.1, -0.05) is 36.4 Å². The molecule has 2 aromatic carbocycles. The number of carbonyl (C=O) groups excluding carboxylic acids is 1. The third kappa shape index (κ3) is 3.28. The van der Waals surface area contributed by atoms with E-state index in [4.69, 9.17) is 0 Å². The van der Waals surface area contributed by atoms with E-state index in [-0.39, 0.29) is 17.4 Å². The summed E-state index contributed by atoms with van der Waals surface area (Å²) in [5.41, 5.74) is 2.87. The number of hydrogen-bond donors (Lipinski definition) is 0. The Morgan fingerprint density at radius 3 is 2.69 bits per heavy atom.